The quantitative estimate of drug-likeness (QED) is 0.772. The summed E-state index contributed by atoms with van der Waals surface area (Å²) >= 11 is 0. The first-order chi connectivity index (χ1) is 7.44. The molecule has 1 unspecified atom stereocenters. The molecule has 1 aliphatic carbocycles. The molecule has 1 fully saturated rings. The summed E-state index contributed by atoms with van der Waals surface area (Å²) in [5.41, 5.74) is -0.766. The highest BCUT2D eigenvalue weighted by atomic mass is 16.3. The van der Waals surface area contributed by atoms with Crippen molar-refractivity contribution in [3.05, 3.63) is 0 Å². The SMILES string of the molecule is CCC(C)(O)CNC(=O)C1CCC(C)CC1. The van der Waals surface area contributed by atoms with E-state index in [-0.39, 0.29) is 11.8 Å². The Hall–Kier alpha value is -0.570. The molecule has 1 rings (SSSR count). The molecule has 0 aliphatic heterocycles. The first-order valence-corrected chi connectivity index (χ1v) is 6.44. The van der Waals surface area contributed by atoms with Crippen LogP contribution in [0.3, 0.4) is 0 Å². The molecule has 1 atom stereocenters. The van der Waals surface area contributed by atoms with Crippen LogP contribution in [0.4, 0.5) is 0 Å². The molecule has 94 valence electrons. The first-order valence-electron chi connectivity index (χ1n) is 6.44. The van der Waals surface area contributed by atoms with E-state index in [2.05, 4.69) is 12.2 Å². The molecular weight excluding hydrogens is 202 g/mol. The van der Waals surface area contributed by atoms with Crippen molar-refractivity contribution in [3.63, 3.8) is 0 Å². The second-order valence-electron chi connectivity index (χ2n) is 5.53. The van der Waals surface area contributed by atoms with Gasteiger partial charge in [-0.3, -0.25) is 4.79 Å². The summed E-state index contributed by atoms with van der Waals surface area (Å²) < 4.78 is 0. The van der Waals surface area contributed by atoms with Crippen molar-refractivity contribution in [1.82, 2.24) is 5.32 Å². The van der Waals surface area contributed by atoms with Gasteiger partial charge in [-0.25, -0.2) is 0 Å². The Morgan fingerprint density at radius 3 is 2.44 bits per heavy atom. The molecule has 1 aliphatic rings. The molecule has 0 aromatic rings. The summed E-state index contributed by atoms with van der Waals surface area (Å²) in [6.07, 6.45) is 4.97. The molecular formula is C13H25NO2. The maximum atomic E-state index is 11.8. The molecule has 16 heavy (non-hydrogen) atoms. The van der Waals surface area contributed by atoms with E-state index in [9.17, 15) is 9.90 Å². The highest BCUT2D eigenvalue weighted by molar-refractivity contribution is 5.78. The van der Waals surface area contributed by atoms with E-state index in [1.165, 1.54) is 0 Å². The standard InChI is InChI=1S/C13H25NO2/c1-4-13(3,16)9-14-12(15)11-7-5-10(2)6-8-11/h10-11,16H,4-9H2,1-3H3,(H,14,15). The van der Waals surface area contributed by atoms with Crippen molar-refractivity contribution in [2.24, 2.45) is 11.8 Å². The molecule has 2 N–H and O–H groups in total. The summed E-state index contributed by atoms with van der Waals surface area (Å²) in [4.78, 5) is 11.8. The van der Waals surface area contributed by atoms with Crippen LogP contribution in [-0.4, -0.2) is 23.2 Å². The second-order valence-corrected chi connectivity index (χ2v) is 5.53. The molecule has 0 aromatic carbocycles. The predicted octanol–water partition coefficient (Wildman–Crippen LogP) is 2.09. The lowest BCUT2D eigenvalue weighted by Crippen LogP contribution is -2.43. The molecule has 0 radical (unpaired) electrons. The number of amides is 1. The molecule has 0 spiro atoms. The lowest BCUT2D eigenvalue weighted by molar-refractivity contribution is -0.127. The predicted molar refractivity (Wildman–Crippen MR) is 65.0 cm³/mol. The van der Waals surface area contributed by atoms with E-state index >= 15 is 0 Å². The summed E-state index contributed by atoms with van der Waals surface area (Å²) in [5, 5.41) is 12.7. The Morgan fingerprint density at radius 2 is 1.94 bits per heavy atom. The van der Waals surface area contributed by atoms with Gasteiger partial charge in [0, 0.05) is 12.5 Å². The van der Waals surface area contributed by atoms with Crippen molar-refractivity contribution in [3.8, 4) is 0 Å². The van der Waals surface area contributed by atoms with E-state index in [0.717, 1.165) is 31.6 Å². The average molecular weight is 227 g/mol. The summed E-state index contributed by atoms with van der Waals surface area (Å²) in [6, 6.07) is 0. The fraction of sp³-hybridized carbons (Fsp3) is 0.923. The Kier molecular flexibility index (Phi) is 4.78. The maximum Gasteiger partial charge on any atom is 0.223 e. The van der Waals surface area contributed by atoms with Crippen LogP contribution in [0.15, 0.2) is 0 Å². The van der Waals surface area contributed by atoms with Crippen LogP contribution in [0, 0.1) is 11.8 Å². The van der Waals surface area contributed by atoms with Crippen LogP contribution >= 0.6 is 0 Å². The first kappa shape index (κ1) is 13.5. The molecule has 1 saturated carbocycles. The van der Waals surface area contributed by atoms with E-state index in [1.54, 1.807) is 6.92 Å². The van der Waals surface area contributed by atoms with Crippen molar-refractivity contribution >= 4 is 5.91 Å². The van der Waals surface area contributed by atoms with Gasteiger partial charge in [-0.05, 0) is 44.9 Å². The number of hydrogen-bond acceptors (Lipinski definition) is 2. The topological polar surface area (TPSA) is 49.3 Å². The van der Waals surface area contributed by atoms with Crippen LogP contribution in [0.5, 0.6) is 0 Å². The Labute approximate surface area is 98.6 Å². The third kappa shape index (κ3) is 4.12. The smallest absolute Gasteiger partial charge is 0.223 e. The summed E-state index contributed by atoms with van der Waals surface area (Å²) in [6.45, 7) is 6.30. The van der Waals surface area contributed by atoms with Crippen LogP contribution in [0.1, 0.15) is 52.9 Å². The molecule has 0 aromatic heterocycles. The summed E-state index contributed by atoms with van der Waals surface area (Å²) in [5.74, 6) is 1.06. The zero-order valence-electron chi connectivity index (χ0n) is 10.8. The molecule has 3 nitrogen and oxygen atoms in total. The monoisotopic (exact) mass is 227 g/mol. The van der Waals surface area contributed by atoms with E-state index in [1.807, 2.05) is 6.92 Å². The number of carbonyl (C=O) groups excluding carboxylic acids is 1. The normalized spacial score (nSPS) is 29.5. The zero-order valence-corrected chi connectivity index (χ0v) is 10.8. The van der Waals surface area contributed by atoms with Gasteiger partial charge in [-0.2, -0.15) is 0 Å². The molecule has 0 bridgehead atoms. The summed E-state index contributed by atoms with van der Waals surface area (Å²) in [7, 11) is 0. The third-order valence-corrected chi connectivity index (χ3v) is 3.79. The van der Waals surface area contributed by atoms with Crippen molar-refractivity contribution in [2.75, 3.05) is 6.54 Å². The van der Waals surface area contributed by atoms with Gasteiger partial charge >= 0.3 is 0 Å². The van der Waals surface area contributed by atoms with Gasteiger partial charge in [-0.15, -0.1) is 0 Å². The zero-order chi connectivity index (χ0) is 12.2. The Balaban J connectivity index is 2.30. The van der Waals surface area contributed by atoms with Crippen LogP contribution in [0.25, 0.3) is 0 Å². The Morgan fingerprint density at radius 1 is 1.38 bits per heavy atom. The van der Waals surface area contributed by atoms with Gasteiger partial charge in [0.05, 0.1) is 5.60 Å². The molecule has 0 heterocycles. The highest BCUT2D eigenvalue weighted by Gasteiger charge is 2.26. The van der Waals surface area contributed by atoms with Crippen LogP contribution in [0.2, 0.25) is 0 Å². The molecule has 1 amide bonds. The van der Waals surface area contributed by atoms with Gasteiger partial charge in [0.25, 0.3) is 0 Å². The lowest BCUT2D eigenvalue weighted by atomic mass is 9.82. The fourth-order valence-corrected chi connectivity index (χ4v) is 2.07. The van der Waals surface area contributed by atoms with Crippen molar-refractivity contribution < 1.29 is 9.90 Å². The van der Waals surface area contributed by atoms with Gasteiger partial charge in [0.15, 0.2) is 0 Å². The number of aliphatic hydroxyl groups is 1. The minimum Gasteiger partial charge on any atom is -0.388 e. The molecule has 0 saturated heterocycles. The third-order valence-electron chi connectivity index (χ3n) is 3.79. The average Bonchev–Trinajstić information content (AvgIpc) is 2.27. The maximum absolute atomic E-state index is 11.8. The number of rotatable bonds is 4. The van der Waals surface area contributed by atoms with Gasteiger partial charge in [-0.1, -0.05) is 13.8 Å². The van der Waals surface area contributed by atoms with E-state index in [0.29, 0.717) is 13.0 Å². The van der Waals surface area contributed by atoms with Gasteiger partial charge in [0.2, 0.25) is 5.91 Å². The number of hydrogen-bond donors (Lipinski definition) is 2. The van der Waals surface area contributed by atoms with Gasteiger partial charge in [0.1, 0.15) is 0 Å². The van der Waals surface area contributed by atoms with Gasteiger partial charge < -0.3 is 10.4 Å². The van der Waals surface area contributed by atoms with Crippen molar-refractivity contribution in [2.45, 2.75) is 58.5 Å². The van der Waals surface area contributed by atoms with Crippen LogP contribution in [-0.2, 0) is 4.79 Å². The Bertz CT molecular complexity index is 230. The second kappa shape index (κ2) is 5.67. The number of nitrogens with one attached hydrogen (secondary N) is 1. The van der Waals surface area contributed by atoms with E-state index in [4.69, 9.17) is 0 Å². The van der Waals surface area contributed by atoms with Crippen LogP contribution < -0.4 is 5.32 Å². The van der Waals surface area contributed by atoms with Crippen molar-refractivity contribution in [1.29, 1.82) is 0 Å². The minimum atomic E-state index is -0.766. The number of carbonyl (C=O) groups is 1. The van der Waals surface area contributed by atoms with E-state index < -0.39 is 5.60 Å². The minimum absolute atomic E-state index is 0.126. The highest BCUT2D eigenvalue weighted by Crippen LogP contribution is 2.28. The lowest BCUT2D eigenvalue weighted by Gasteiger charge is -2.27. The molecule has 3 heteroatoms. The largest absolute Gasteiger partial charge is 0.388 e. The fourth-order valence-electron chi connectivity index (χ4n) is 2.07.